The molecule has 1 saturated carbocycles. The van der Waals surface area contributed by atoms with Crippen LogP contribution in [0.5, 0.6) is 0 Å². The Kier molecular flexibility index (Phi) is 8.98. The molecule has 4 aliphatic rings. The third kappa shape index (κ3) is 6.87. The molecule has 0 radical (unpaired) electrons. The zero-order valence-electron chi connectivity index (χ0n) is 25.7. The molecule has 0 unspecified atom stereocenters. The summed E-state index contributed by atoms with van der Waals surface area (Å²) in [4.78, 5) is 61.5. The smallest absolute Gasteiger partial charge is 0.408 e. The van der Waals surface area contributed by atoms with Crippen LogP contribution >= 0.6 is 11.6 Å². The van der Waals surface area contributed by atoms with Crippen LogP contribution in [-0.4, -0.2) is 77.0 Å². The second-order valence-electron chi connectivity index (χ2n) is 13.2. The minimum atomic E-state index is -1.19. The molecule has 12 heteroatoms. The van der Waals surface area contributed by atoms with Crippen molar-refractivity contribution in [1.29, 1.82) is 0 Å². The molecule has 1 spiro atoms. The number of rotatable bonds is 3. The van der Waals surface area contributed by atoms with Crippen molar-refractivity contribution in [3.05, 3.63) is 47.0 Å². The third-order valence-corrected chi connectivity index (χ3v) is 8.85. The van der Waals surface area contributed by atoms with E-state index in [9.17, 15) is 19.2 Å². The van der Waals surface area contributed by atoms with Crippen LogP contribution in [0.1, 0.15) is 77.7 Å². The number of allylic oxidation sites excluding steroid dienone is 1. The highest BCUT2D eigenvalue weighted by molar-refractivity contribution is 6.31. The van der Waals surface area contributed by atoms with Gasteiger partial charge < -0.3 is 29.8 Å². The molecule has 5 atom stereocenters. The SMILES string of the molecule is COC(=O)[C@@]12C[C@@H]1/C=C\CCCCC[C@H](NC(=O)OC(C)(C)C)C(=O)N1C[C@@]3(CC(c4cccc(Cl)c4)=NO3)C[C@H]1C(=O)N2. The number of nitrogens with zero attached hydrogens (tertiary/aromatic N) is 2. The molecule has 3 heterocycles. The number of methoxy groups -OCH3 is 1. The van der Waals surface area contributed by atoms with Gasteiger partial charge >= 0.3 is 12.1 Å². The van der Waals surface area contributed by atoms with Crippen LogP contribution in [0.2, 0.25) is 5.02 Å². The van der Waals surface area contributed by atoms with E-state index in [0.29, 0.717) is 36.4 Å². The number of benzene rings is 1. The Morgan fingerprint density at radius 2 is 1.98 bits per heavy atom. The summed E-state index contributed by atoms with van der Waals surface area (Å²) in [6, 6.07) is 5.35. The maximum atomic E-state index is 14.3. The highest BCUT2D eigenvalue weighted by Crippen LogP contribution is 2.47. The zero-order valence-corrected chi connectivity index (χ0v) is 26.4. The van der Waals surface area contributed by atoms with Crippen LogP contribution in [0, 0.1) is 5.92 Å². The fraction of sp³-hybridized carbons (Fsp3) is 0.594. The average molecular weight is 629 g/mol. The fourth-order valence-corrected chi connectivity index (χ4v) is 6.53. The maximum absolute atomic E-state index is 14.3. The molecule has 3 aliphatic heterocycles. The number of ether oxygens (including phenoxy) is 2. The number of amides is 3. The Bertz CT molecular complexity index is 1370. The predicted octanol–water partition coefficient (Wildman–Crippen LogP) is 4.27. The zero-order chi connectivity index (χ0) is 31.7. The van der Waals surface area contributed by atoms with Crippen molar-refractivity contribution in [1.82, 2.24) is 15.5 Å². The van der Waals surface area contributed by atoms with Gasteiger partial charge in [0.25, 0.3) is 0 Å². The summed E-state index contributed by atoms with van der Waals surface area (Å²) >= 11 is 6.22. The van der Waals surface area contributed by atoms with Crippen LogP contribution in [0.25, 0.3) is 0 Å². The van der Waals surface area contributed by atoms with Gasteiger partial charge in [-0.25, -0.2) is 9.59 Å². The standard InChI is InChI=1S/C32H41ClN4O7/c1-30(2,3)43-29(41)34-23-14-9-7-5-6-8-12-21-16-32(21,28(40)42-4)35-26(38)25-18-31(19-37(25)27(23)39)17-24(36-44-31)20-11-10-13-22(33)15-20/h8,10-13,15,21,23,25H,5-7,9,14,16-19H2,1-4H3,(H,34,41)(H,35,38)/b12-8-/t21-,23-,25-,31+,32+/m0/s1. The number of nitrogens with one attached hydrogen (secondary N) is 2. The number of oxime groups is 1. The summed E-state index contributed by atoms with van der Waals surface area (Å²) in [7, 11) is 1.30. The predicted molar refractivity (Wildman–Crippen MR) is 163 cm³/mol. The van der Waals surface area contributed by atoms with Crippen molar-refractivity contribution in [2.24, 2.45) is 11.1 Å². The number of alkyl carbamates (subject to hydrolysis) is 1. The van der Waals surface area contributed by atoms with E-state index in [1.807, 2.05) is 24.3 Å². The molecule has 1 aromatic rings. The minimum absolute atomic E-state index is 0.0680. The van der Waals surface area contributed by atoms with Gasteiger partial charge in [0.05, 0.1) is 19.4 Å². The largest absolute Gasteiger partial charge is 0.467 e. The lowest BCUT2D eigenvalue weighted by atomic mass is 9.91. The van der Waals surface area contributed by atoms with Crippen molar-refractivity contribution in [2.75, 3.05) is 13.7 Å². The molecule has 238 valence electrons. The lowest BCUT2D eigenvalue weighted by molar-refractivity contribution is -0.148. The Morgan fingerprint density at radius 3 is 2.70 bits per heavy atom. The average Bonchev–Trinajstić information content (AvgIpc) is 3.30. The quantitative estimate of drug-likeness (QED) is 0.377. The van der Waals surface area contributed by atoms with Gasteiger partial charge in [-0.3, -0.25) is 9.59 Å². The van der Waals surface area contributed by atoms with E-state index in [2.05, 4.69) is 15.8 Å². The highest BCUT2D eigenvalue weighted by atomic mass is 35.5. The molecule has 0 aromatic heterocycles. The lowest BCUT2D eigenvalue weighted by Gasteiger charge is -2.30. The molecule has 1 aliphatic carbocycles. The number of fused-ring (bicyclic) bond motifs is 2. The Morgan fingerprint density at radius 1 is 1.18 bits per heavy atom. The number of esters is 1. The van der Waals surface area contributed by atoms with E-state index in [1.54, 1.807) is 32.9 Å². The van der Waals surface area contributed by atoms with Gasteiger partial charge in [0, 0.05) is 29.3 Å². The molecular weight excluding hydrogens is 588 g/mol. The van der Waals surface area contributed by atoms with Gasteiger partial charge in [-0.1, -0.05) is 53.9 Å². The van der Waals surface area contributed by atoms with Crippen molar-refractivity contribution in [3.8, 4) is 0 Å². The molecule has 3 amide bonds. The van der Waals surface area contributed by atoms with Gasteiger partial charge in [0.1, 0.15) is 23.2 Å². The van der Waals surface area contributed by atoms with Gasteiger partial charge in [0.2, 0.25) is 11.8 Å². The first-order chi connectivity index (χ1) is 20.8. The normalized spacial score (nSPS) is 31.3. The van der Waals surface area contributed by atoms with E-state index in [4.69, 9.17) is 25.9 Å². The number of hydrogen-bond donors (Lipinski definition) is 2. The number of hydrogen-bond acceptors (Lipinski definition) is 8. The van der Waals surface area contributed by atoms with E-state index >= 15 is 0 Å². The van der Waals surface area contributed by atoms with Gasteiger partial charge in [0.15, 0.2) is 5.60 Å². The number of carbonyl (C=O) groups is 4. The Labute approximate surface area is 262 Å². The summed E-state index contributed by atoms with van der Waals surface area (Å²) < 4.78 is 10.6. The van der Waals surface area contributed by atoms with Crippen LogP contribution in [-0.2, 0) is 28.7 Å². The highest BCUT2D eigenvalue weighted by Gasteiger charge is 2.63. The summed E-state index contributed by atoms with van der Waals surface area (Å²) in [6.45, 7) is 5.32. The number of carbonyl (C=O) groups excluding carboxylic acids is 4. The Hall–Kier alpha value is -3.60. The van der Waals surface area contributed by atoms with E-state index in [0.717, 1.165) is 24.8 Å². The first kappa shape index (κ1) is 31.8. The second-order valence-corrected chi connectivity index (χ2v) is 13.6. The van der Waals surface area contributed by atoms with Crippen LogP contribution < -0.4 is 10.6 Å². The van der Waals surface area contributed by atoms with Crippen molar-refractivity contribution >= 4 is 41.2 Å². The first-order valence-corrected chi connectivity index (χ1v) is 15.6. The summed E-state index contributed by atoms with van der Waals surface area (Å²) in [6.07, 6.45) is 7.76. The minimum Gasteiger partial charge on any atom is -0.467 e. The van der Waals surface area contributed by atoms with Crippen LogP contribution in [0.3, 0.4) is 0 Å². The van der Waals surface area contributed by atoms with Gasteiger partial charge in [-0.15, -0.1) is 0 Å². The first-order valence-electron chi connectivity index (χ1n) is 15.2. The molecule has 0 bridgehead atoms. The summed E-state index contributed by atoms with van der Waals surface area (Å²) in [5.41, 5.74) is -1.48. The molecule has 44 heavy (non-hydrogen) atoms. The maximum Gasteiger partial charge on any atom is 0.408 e. The molecule has 1 saturated heterocycles. The van der Waals surface area contributed by atoms with E-state index in [1.165, 1.54) is 12.0 Å². The summed E-state index contributed by atoms with van der Waals surface area (Å²) in [5, 5.41) is 10.6. The Balaban J connectivity index is 1.45. The van der Waals surface area contributed by atoms with Crippen molar-refractivity contribution in [3.63, 3.8) is 0 Å². The van der Waals surface area contributed by atoms with Gasteiger partial charge in [-0.2, -0.15) is 0 Å². The molecule has 2 fully saturated rings. The monoisotopic (exact) mass is 628 g/mol. The van der Waals surface area contributed by atoms with Crippen molar-refractivity contribution in [2.45, 2.75) is 101 Å². The van der Waals surface area contributed by atoms with Crippen LogP contribution in [0.4, 0.5) is 4.79 Å². The lowest BCUT2D eigenvalue weighted by Crippen LogP contribution is -2.56. The molecule has 2 N–H and O–H groups in total. The van der Waals surface area contributed by atoms with Crippen LogP contribution in [0.15, 0.2) is 41.6 Å². The number of halogens is 1. The molecule has 11 nitrogen and oxygen atoms in total. The molecule has 1 aromatic carbocycles. The van der Waals surface area contributed by atoms with E-state index in [-0.39, 0.29) is 18.9 Å². The van der Waals surface area contributed by atoms with E-state index < -0.39 is 52.7 Å². The fourth-order valence-electron chi connectivity index (χ4n) is 6.34. The van der Waals surface area contributed by atoms with Crippen molar-refractivity contribution < 1.29 is 33.5 Å². The second kappa shape index (κ2) is 12.4. The van der Waals surface area contributed by atoms with Gasteiger partial charge in [-0.05, 0) is 58.6 Å². The molecular formula is C32H41ClN4O7. The third-order valence-electron chi connectivity index (χ3n) is 8.61. The summed E-state index contributed by atoms with van der Waals surface area (Å²) in [5.74, 6) is -1.63. The topological polar surface area (TPSA) is 136 Å². The molecule has 5 rings (SSSR count).